The van der Waals surface area contributed by atoms with E-state index in [2.05, 4.69) is 48.5 Å². The van der Waals surface area contributed by atoms with Gasteiger partial charge < -0.3 is 0 Å². The molecule has 4 aromatic rings. The lowest BCUT2D eigenvalue weighted by Gasteiger charge is -2.04. The van der Waals surface area contributed by atoms with Crippen molar-refractivity contribution in [3.05, 3.63) is 59.6 Å². The third-order valence-corrected chi connectivity index (χ3v) is 4.57. The molecule has 4 aromatic carbocycles. The van der Waals surface area contributed by atoms with Gasteiger partial charge in [-0.25, -0.2) is 0 Å². The molecule has 5 rings (SSSR count). The second-order valence-electron chi connectivity index (χ2n) is 5.15. The summed E-state index contributed by atoms with van der Waals surface area (Å²) in [6.07, 6.45) is 0. The van der Waals surface area contributed by atoms with Crippen LogP contribution in [0.3, 0.4) is 0 Å². The highest BCUT2D eigenvalue weighted by molar-refractivity contribution is 6.40. The Kier molecular flexibility index (Phi) is 1.60. The number of hydrogen-bond donors (Lipinski definition) is 0. The Morgan fingerprint density at radius 1 is 0.579 bits per heavy atom. The maximum atomic E-state index is 6.36. The van der Waals surface area contributed by atoms with Gasteiger partial charge >= 0.3 is 0 Å². The molecule has 1 aliphatic carbocycles. The molecule has 0 aromatic heterocycles. The summed E-state index contributed by atoms with van der Waals surface area (Å²) in [6.45, 7) is 0. The Labute approximate surface area is 115 Å². The van der Waals surface area contributed by atoms with Gasteiger partial charge in [0.1, 0.15) is 0 Å². The molecule has 0 saturated carbocycles. The number of hydrogen-bond acceptors (Lipinski definition) is 0. The zero-order valence-corrected chi connectivity index (χ0v) is 10.8. The van der Waals surface area contributed by atoms with Crippen LogP contribution < -0.4 is 0 Å². The standard InChI is InChI=1S/C18H9Cl/c19-15-9-8-13-12-3-1-2-10-4-5-11-6-7-14(15)18(13)17(11)16(10)12/h1-9H. The van der Waals surface area contributed by atoms with Crippen LogP contribution in [0.15, 0.2) is 54.6 Å². The van der Waals surface area contributed by atoms with Crippen molar-refractivity contribution in [1.29, 1.82) is 0 Å². The molecule has 1 aliphatic rings. The van der Waals surface area contributed by atoms with E-state index < -0.39 is 0 Å². The minimum atomic E-state index is 0.838. The van der Waals surface area contributed by atoms with Gasteiger partial charge in [-0.3, -0.25) is 0 Å². The maximum Gasteiger partial charge on any atom is 0.0485 e. The Hall–Kier alpha value is -2.05. The van der Waals surface area contributed by atoms with Crippen molar-refractivity contribution < 1.29 is 0 Å². The van der Waals surface area contributed by atoms with Crippen molar-refractivity contribution in [2.45, 2.75) is 0 Å². The van der Waals surface area contributed by atoms with Crippen LogP contribution in [0.1, 0.15) is 0 Å². The van der Waals surface area contributed by atoms with Gasteiger partial charge in [0, 0.05) is 10.4 Å². The molecule has 0 radical (unpaired) electrons. The van der Waals surface area contributed by atoms with Crippen LogP contribution in [0.4, 0.5) is 0 Å². The molecule has 0 heterocycles. The molecule has 0 spiro atoms. The lowest BCUT2D eigenvalue weighted by Crippen LogP contribution is -1.77. The van der Waals surface area contributed by atoms with Crippen molar-refractivity contribution in [3.8, 4) is 11.1 Å². The van der Waals surface area contributed by atoms with Gasteiger partial charge in [-0.2, -0.15) is 0 Å². The van der Waals surface area contributed by atoms with Crippen LogP contribution in [-0.4, -0.2) is 0 Å². The fourth-order valence-electron chi connectivity index (χ4n) is 3.45. The number of fused-ring (bicyclic) bond motifs is 1. The number of rotatable bonds is 0. The van der Waals surface area contributed by atoms with Crippen molar-refractivity contribution in [2.24, 2.45) is 0 Å². The van der Waals surface area contributed by atoms with Crippen LogP contribution in [0, 0.1) is 0 Å². The second-order valence-corrected chi connectivity index (χ2v) is 5.56. The lowest BCUT2D eigenvalue weighted by molar-refractivity contribution is 1.76. The summed E-state index contributed by atoms with van der Waals surface area (Å²) >= 11 is 6.36. The van der Waals surface area contributed by atoms with Crippen LogP contribution in [0.25, 0.3) is 43.4 Å². The minimum Gasteiger partial charge on any atom is -0.0837 e. The van der Waals surface area contributed by atoms with Gasteiger partial charge in [0.05, 0.1) is 0 Å². The highest BCUT2D eigenvalue weighted by Crippen LogP contribution is 2.48. The second kappa shape index (κ2) is 3.09. The fourth-order valence-corrected chi connectivity index (χ4v) is 3.67. The molecule has 0 fully saturated rings. The van der Waals surface area contributed by atoms with E-state index in [0.717, 1.165) is 10.4 Å². The average molecular weight is 261 g/mol. The first kappa shape index (κ1) is 9.82. The summed E-state index contributed by atoms with van der Waals surface area (Å²) in [7, 11) is 0. The summed E-state index contributed by atoms with van der Waals surface area (Å²) in [5.41, 5.74) is 2.66. The van der Waals surface area contributed by atoms with Crippen LogP contribution in [0.2, 0.25) is 5.02 Å². The quantitative estimate of drug-likeness (QED) is 0.310. The van der Waals surface area contributed by atoms with E-state index >= 15 is 0 Å². The first-order chi connectivity index (χ1) is 9.34. The Balaban J connectivity index is 2.28. The van der Waals surface area contributed by atoms with Gasteiger partial charge in [-0.15, -0.1) is 0 Å². The predicted molar refractivity (Wildman–Crippen MR) is 83.0 cm³/mol. The van der Waals surface area contributed by atoms with E-state index in [1.54, 1.807) is 0 Å². The minimum absolute atomic E-state index is 0.838. The molecule has 0 nitrogen and oxygen atoms in total. The SMILES string of the molecule is Clc1ccc2c3c1ccc1ccc4cccc-2c4c13. The zero-order chi connectivity index (χ0) is 12.6. The molecule has 0 aliphatic heterocycles. The zero-order valence-electron chi connectivity index (χ0n) is 10.1. The van der Waals surface area contributed by atoms with Crippen LogP contribution in [-0.2, 0) is 0 Å². The Morgan fingerprint density at radius 3 is 2.21 bits per heavy atom. The molecule has 0 bridgehead atoms. The van der Waals surface area contributed by atoms with Gasteiger partial charge in [0.25, 0.3) is 0 Å². The van der Waals surface area contributed by atoms with E-state index in [1.165, 1.54) is 38.1 Å². The molecule has 0 amide bonds. The highest BCUT2D eigenvalue weighted by atomic mass is 35.5. The summed E-state index contributed by atoms with van der Waals surface area (Å²) < 4.78 is 0. The fraction of sp³-hybridized carbons (Fsp3) is 0. The third-order valence-electron chi connectivity index (χ3n) is 4.24. The molecule has 88 valence electrons. The van der Waals surface area contributed by atoms with E-state index in [4.69, 9.17) is 11.6 Å². The van der Waals surface area contributed by atoms with Gasteiger partial charge in [-0.1, -0.05) is 60.1 Å². The molecule has 0 saturated heterocycles. The molecular weight excluding hydrogens is 252 g/mol. The Bertz CT molecular complexity index is 1010. The third kappa shape index (κ3) is 1.03. The molecule has 0 atom stereocenters. The summed E-state index contributed by atoms with van der Waals surface area (Å²) in [6, 6.07) is 19.4. The van der Waals surface area contributed by atoms with E-state index in [1.807, 2.05) is 6.07 Å². The van der Waals surface area contributed by atoms with Gasteiger partial charge in [-0.05, 0) is 44.1 Å². The van der Waals surface area contributed by atoms with E-state index in [-0.39, 0.29) is 0 Å². The van der Waals surface area contributed by atoms with Gasteiger partial charge in [0.15, 0.2) is 0 Å². The molecule has 0 unspecified atom stereocenters. The molecular formula is C18H9Cl. The lowest BCUT2D eigenvalue weighted by atomic mass is 10.0. The molecule has 1 heteroatoms. The van der Waals surface area contributed by atoms with Crippen molar-refractivity contribution >= 4 is 43.9 Å². The molecule has 19 heavy (non-hydrogen) atoms. The monoisotopic (exact) mass is 260 g/mol. The maximum absolute atomic E-state index is 6.36. The first-order valence-corrected chi connectivity index (χ1v) is 6.79. The van der Waals surface area contributed by atoms with Crippen molar-refractivity contribution in [3.63, 3.8) is 0 Å². The topological polar surface area (TPSA) is 0 Å². The van der Waals surface area contributed by atoms with Crippen molar-refractivity contribution in [1.82, 2.24) is 0 Å². The number of halogens is 1. The average Bonchev–Trinajstić information content (AvgIpc) is 2.79. The highest BCUT2D eigenvalue weighted by Gasteiger charge is 2.20. The summed E-state index contributed by atoms with van der Waals surface area (Å²) in [4.78, 5) is 0. The van der Waals surface area contributed by atoms with Gasteiger partial charge in [0.2, 0.25) is 0 Å². The largest absolute Gasteiger partial charge is 0.0837 e. The van der Waals surface area contributed by atoms with Crippen LogP contribution >= 0.6 is 11.6 Å². The summed E-state index contributed by atoms with van der Waals surface area (Å²) in [5.74, 6) is 0. The smallest absolute Gasteiger partial charge is 0.0485 e. The molecule has 0 N–H and O–H groups in total. The Morgan fingerprint density at radius 2 is 1.32 bits per heavy atom. The normalized spacial score (nSPS) is 12.5. The summed E-state index contributed by atoms with van der Waals surface area (Å²) in [5, 5.41) is 8.67. The first-order valence-electron chi connectivity index (χ1n) is 6.42. The van der Waals surface area contributed by atoms with E-state index in [0.29, 0.717) is 0 Å². The predicted octanol–water partition coefficient (Wildman–Crippen LogP) is 5.78. The van der Waals surface area contributed by atoms with E-state index in [9.17, 15) is 0 Å². The van der Waals surface area contributed by atoms with Crippen LogP contribution in [0.5, 0.6) is 0 Å². The van der Waals surface area contributed by atoms with Crippen molar-refractivity contribution in [2.75, 3.05) is 0 Å². The number of benzene rings is 4.